The normalized spacial score (nSPS) is 17.9. The van der Waals surface area contributed by atoms with E-state index in [1.54, 1.807) is 6.92 Å². The van der Waals surface area contributed by atoms with Gasteiger partial charge in [0.05, 0.1) is 12.2 Å². The molecule has 0 fully saturated rings. The lowest BCUT2D eigenvalue weighted by molar-refractivity contribution is 0.00859. The molecular weight excluding hydrogens is 171 g/mol. The van der Waals surface area contributed by atoms with Gasteiger partial charge in [0.2, 0.25) is 0 Å². The molecule has 5 nitrogen and oxygen atoms in total. The molecule has 0 spiro atoms. The molecule has 2 N–H and O–H groups in total. The summed E-state index contributed by atoms with van der Waals surface area (Å²) >= 11 is 0. The highest BCUT2D eigenvalue weighted by Crippen LogP contribution is 2.38. The summed E-state index contributed by atoms with van der Waals surface area (Å²) in [4.78, 5) is 16.7. The monoisotopic (exact) mass is 184 g/mol. The Kier molecular flexibility index (Phi) is 4.21. The molecule has 0 bridgehead atoms. The molecule has 0 saturated carbocycles. The molecule has 0 aromatic carbocycles. The number of ether oxygens (including phenoxy) is 1. The molecule has 0 aliphatic carbocycles. The van der Waals surface area contributed by atoms with Crippen molar-refractivity contribution in [1.29, 1.82) is 0 Å². The van der Waals surface area contributed by atoms with Crippen LogP contribution in [0.2, 0.25) is 0 Å². The number of hydrogen-bond acceptors (Lipinski definition) is 3. The molecule has 68 valence electrons. The minimum Gasteiger partial charge on any atom is -0.379 e. The van der Waals surface area contributed by atoms with Crippen LogP contribution in [0.3, 0.4) is 0 Å². The maximum atomic E-state index is 10.3. The standard InChI is InChI=1S/C5H13O5P/c1-4(9-3)5(2)10-11(6,7)8/h4-5H,1-3H3,(H2,6,7,8). The molecule has 0 aromatic rings. The van der Waals surface area contributed by atoms with Crippen molar-refractivity contribution in [3.05, 3.63) is 0 Å². The minimum atomic E-state index is -4.37. The molecule has 0 aliphatic rings. The summed E-state index contributed by atoms with van der Waals surface area (Å²) in [5, 5.41) is 0. The van der Waals surface area contributed by atoms with Crippen LogP contribution >= 0.6 is 7.82 Å². The lowest BCUT2D eigenvalue weighted by Crippen LogP contribution is -2.23. The van der Waals surface area contributed by atoms with Crippen LogP contribution in [0.25, 0.3) is 0 Å². The predicted octanol–water partition coefficient (Wildman–Crippen LogP) is 0.519. The molecule has 0 saturated heterocycles. The first kappa shape index (κ1) is 11.1. The quantitative estimate of drug-likeness (QED) is 0.623. The minimum absolute atomic E-state index is 0.331. The van der Waals surface area contributed by atoms with Gasteiger partial charge in [-0.05, 0) is 13.8 Å². The molecule has 0 heterocycles. The van der Waals surface area contributed by atoms with Gasteiger partial charge in [-0.3, -0.25) is 4.52 Å². The van der Waals surface area contributed by atoms with Crippen molar-refractivity contribution in [2.75, 3.05) is 7.11 Å². The number of hydrogen-bond donors (Lipinski definition) is 2. The van der Waals surface area contributed by atoms with Gasteiger partial charge in [0.25, 0.3) is 0 Å². The van der Waals surface area contributed by atoms with Crippen LogP contribution in [0.5, 0.6) is 0 Å². The van der Waals surface area contributed by atoms with Crippen LogP contribution in [-0.4, -0.2) is 29.1 Å². The first-order valence-electron chi connectivity index (χ1n) is 3.13. The van der Waals surface area contributed by atoms with Gasteiger partial charge < -0.3 is 14.5 Å². The van der Waals surface area contributed by atoms with Crippen LogP contribution in [0, 0.1) is 0 Å². The number of rotatable bonds is 4. The van der Waals surface area contributed by atoms with Crippen LogP contribution in [0.1, 0.15) is 13.8 Å². The van der Waals surface area contributed by atoms with E-state index in [4.69, 9.17) is 14.5 Å². The van der Waals surface area contributed by atoms with Crippen molar-refractivity contribution in [3.63, 3.8) is 0 Å². The van der Waals surface area contributed by atoms with Gasteiger partial charge in [0, 0.05) is 7.11 Å². The van der Waals surface area contributed by atoms with Crippen LogP contribution in [-0.2, 0) is 13.8 Å². The van der Waals surface area contributed by atoms with Crippen molar-refractivity contribution in [3.8, 4) is 0 Å². The van der Waals surface area contributed by atoms with E-state index in [1.165, 1.54) is 14.0 Å². The molecule has 0 aliphatic heterocycles. The summed E-state index contributed by atoms with van der Waals surface area (Å²) < 4.78 is 19.4. The Labute approximate surface area is 65.6 Å². The van der Waals surface area contributed by atoms with Gasteiger partial charge >= 0.3 is 7.82 Å². The highest BCUT2D eigenvalue weighted by molar-refractivity contribution is 7.46. The van der Waals surface area contributed by atoms with E-state index in [-0.39, 0.29) is 6.10 Å². The van der Waals surface area contributed by atoms with Crippen molar-refractivity contribution in [1.82, 2.24) is 0 Å². The van der Waals surface area contributed by atoms with Crippen LogP contribution in [0.4, 0.5) is 0 Å². The van der Waals surface area contributed by atoms with Crippen molar-refractivity contribution in [2.45, 2.75) is 26.1 Å². The Morgan fingerprint density at radius 2 is 1.73 bits per heavy atom. The van der Waals surface area contributed by atoms with E-state index in [2.05, 4.69) is 4.52 Å². The zero-order chi connectivity index (χ0) is 9.07. The van der Waals surface area contributed by atoms with Crippen LogP contribution in [0.15, 0.2) is 0 Å². The fourth-order valence-electron chi connectivity index (χ4n) is 0.494. The molecule has 6 heteroatoms. The molecule has 0 rings (SSSR count). The topological polar surface area (TPSA) is 76.0 Å². The highest BCUT2D eigenvalue weighted by atomic mass is 31.2. The third-order valence-corrected chi connectivity index (χ3v) is 1.94. The summed E-state index contributed by atoms with van der Waals surface area (Å²) in [6.45, 7) is 3.20. The fraction of sp³-hybridized carbons (Fsp3) is 1.00. The molecule has 0 aromatic heterocycles. The Balaban J connectivity index is 3.87. The smallest absolute Gasteiger partial charge is 0.379 e. The second-order valence-electron chi connectivity index (χ2n) is 2.24. The largest absolute Gasteiger partial charge is 0.469 e. The van der Waals surface area contributed by atoms with Gasteiger partial charge in [0.1, 0.15) is 0 Å². The second kappa shape index (κ2) is 4.18. The van der Waals surface area contributed by atoms with E-state index >= 15 is 0 Å². The Hall–Kier alpha value is 0.0700. The summed E-state index contributed by atoms with van der Waals surface area (Å²) in [6.07, 6.45) is -0.941. The molecule has 0 amide bonds. The van der Waals surface area contributed by atoms with Crippen molar-refractivity contribution < 1.29 is 23.6 Å². The lowest BCUT2D eigenvalue weighted by Gasteiger charge is -2.18. The van der Waals surface area contributed by atoms with E-state index in [1.807, 2.05) is 0 Å². The van der Waals surface area contributed by atoms with Gasteiger partial charge in [-0.15, -0.1) is 0 Å². The zero-order valence-electron chi connectivity index (χ0n) is 6.72. The first-order valence-corrected chi connectivity index (χ1v) is 4.66. The Morgan fingerprint density at radius 1 is 1.27 bits per heavy atom. The van der Waals surface area contributed by atoms with E-state index < -0.39 is 13.9 Å². The van der Waals surface area contributed by atoms with Crippen molar-refractivity contribution in [2.24, 2.45) is 0 Å². The van der Waals surface area contributed by atoms with Gasteiger partial charge in [0.15, 0.2) is 0 Å². The van der Waals surface area contributed by atoms with Gasteiger partial charge in [-0.25, -0.2) is 4.57 Å². The summed E-state index contributed by atoms with van der Waals surface area (Å²) in [7, 11) is -2.92. The maximum Gasteiger partial charge on any atom is 0.469 e. The third-order valence-electron chi connectivity index (χ3n) is 1.34. The predicted molar refractivity (Wildman–Crippen MR) is 39.1 cm³/mol. The Morgan fingerprint density at radius 3 is 2.00 bits per heavy atom. The molecule has 2 unspecified atom stereocenters. The van der Waals surface area contributed by atoms with E-state index in [9.17, 15) is 4.57 Å². The summed E-state index contributed by atoms with van der Waals surface area (Å²) in [6, 6.07) is 0. The van der Waals surface area contributed by atoms with Gasteiger partial charge in [-0.2, -0.15) is 0 Å². The average molecular weight is 184 g/mol. The second-order valence-corrected chi connectivity index (χ2v) is 3.43. The molecular formula is C5H13O5P. The average Bonchev–Trinajstić information content (AvgIpc) is 1.82. The zero-order valence-corrected chi connectivity index (χ0v) is 7.62. The number of phosphoric acid groups is 1. The number of phosphoric ester groups is 1. The van der Waals surface area contributed by atoms with Crippen molar-refractivity contribution >= 4 is 7.82 Å². The molecule has 11 heavy (non-hydrogen) atoms. The van der Waals surface area contributed by atoms with E-state index in [0.717, 1.165) is 0 Å². The fourth-order valence-corrected chi connectivity index (χ4v) is 1.10. The highest BCUT2D eigenvalue weighted by Gasteiger charge is 2.22. The molecule has 0 radical (unpaired) electrons. The number of methoxy groups -OCH3 is 1. The third kappa shape index (κ3) is 5.35. The summed E-state index contributed by atoms with van der Waals surface area (Å²) in [5.74, 6) is 0. The summed E-state index contributed by atoms with van der Waals surface area (Å²) in [5.41, 5.74) is 0. The first-order chi connectivity index (χ1) is 4.87. The lowest BCUT2D eigenvalue weighted by atomic mass is 10.3. The maximum absolute atomic E-state index is 10.3. The van der Waals surface area contributed by atoms with Crippen LogP contribution < -0.4 is 0 Å². The van der Waals surface area contributed by atoms with E-state index in [0.29, 0.717) is 0 Å². The SMILES string of the molecule is COC(C)C(C)OP(=O)(O)O. The Bertz CT molecular complexity index is 153. The van der Waals surface area contributed by atoms with Gasteiger partial charge in [-0.1, -0.05) is 0 Å². The molecule has 2 atom stereocenters.